The van der Waals surface area contributed by atoms with Crippen molar-refractivity contribution >= 4 is 11.5 Å². The van der Waals surface area contributed by atoms with Crippen LogP contribution in [-0.2, 0) is 13.1 Å². The van der Waals surface area contributed by atoms with Gasteiger partial charge in [-0.3, -0.25) is 15.2 Å². The molecule has 0 unspecified atom stereocenters. The lowest BCUT2D eigenvalue weighted by Crippen LogP contribution is -2.07. The van der Waals surface area contributed by atoms with E-state index in [9.17, 15) is 10.1 Å². The molecule has 0 aliphatic rings. The van der Waals surface area contributed by atoms with Crippen molar-refractivity contribution in [2.45, 2.75) is 26.9 Å². The summed E-state index contributed by atoms with van der Waals surface area (Å²) in [4.78, 5) is 10.6. The van der Waals surface area contributed by atoms with Crippen molar-refractivity contribution in [2.75, 3.05) is 5.32 Å². The van der Waals surface area contributed by atoms with Gasteiger partial charge >= 0.3 is 5.69 Å². The Bertz CT molecular complexity index is 545. The average Bonchev–Trinajstić information content (AvgIpc) is 2.92. The van der Waals surface area contributed by atoms with Crippen molar-refractivity contribution in [3.8, 4) is 0 Å². The largest absolute Gasteiger partial charge is 0.360 e. The number of hydrogen-bond acceptors (Lipinski definition) is 5. The van der Waals surface area contributed by atoms with Gasteiger partial charge in [0.15, 0.2) is 0 Å². The van der Waals surface area contributed by atoms with Crippen LogP contribution in [0.5, 0.6) is 0 Å². The summed E-state index contributed by atoms with van der Waals surface area (Å²) in [5.74, 6) is 0.432. The number of nitro groups is 1. The molecule has 2 heterocycles. The molecule has 96 valence electrons. The molecule has 8 nitrogen and oxygen atoms in total. The molecule has 2 N–H and O–H groups in total. The van der Waals surface area contributed by atoms with Gasteiger partial charge in [0.25, 0.3) is 0 Å². The van der Waals surface area contributed by atoms with E-state index in [1.807, 2.05) is 6.92 Å². The summed E-state index contributed by atoms with van der Waals surface area (Å²) in [6, 6.07) is 0. The highest BCUT2D eigenvalue weighted by Gasteiger charge is 2.24. The maximum absolute atomic E-state index is 11.0. The number of aromatic nitrogens is 4. The summed E-state index contributed by atoms with van der Waals surface area (Å²) in [6.45, 7) is 4.55. The average molecular weight is 250 g/mol. The predicted octanol–water partition coefficient (Wildman–Crippen LogP) is 1.45. The molecule has 0 atom stereocenters. The fraction of sp³-hybridized carbons (Fsp3) is 0.400. The SMILES string of the molecule is CCn1nc(C)c([N+](=O)[O-])c1NCc1cn[nH]c1. The summed E-state index contributed by atoms with van der Waals surface area (Å²) in [5, 5.41) is 24.7. The second-order valence-corrected chi connectivity index (χ2v) is 3.82. The normalized spacial score (nSPS) is 10.6. The van der Waals surface area contributed by atoms with Crippen LogP contribution in [-0.4, -0.2) is 24.9 Å². The highest BCUT2D eigenvalue weighted by Crippen LogP contribution is 2.28. The molecule has 0 radical (unpaired) electrons. The quantitative estimate of drug-likeness (QED) is 0.617. The van der Waals surface area contributed by atoms with E-state index >= 15 is 0 Å². The number of nitrogens with one attached hydrogen (secondary N) is 2. The summed E-state index contributed by atoms with van der Waals surface area (Å²) < 4.78 is 1.59. The number of aromatic amines is 1. The fourth-order valence-electron chi connectivity index (χ4n) is 1.75. The third kappa shape index (κ3) is 2.17. The maximum atomic E-state index is 11.0. The standard InChI is InChI=1S/C10H14N6O2/c1-3-15-10(9(16(17)18)7(2)14-15)11-4-8-5-12-13-6-8/h5-6,11H,3-4H2,1-2H3,(H,12,13). The van der Waals surface area contributed by atoms with E-state index in [0.717, 1.165) is 5.56 Å². The number of rotatable bonds is 5. The number of hydrogen-bond donors (Lipinski definition) is 2. The molecule has 2 rings (SSSR count). The minimum Gasteiger partial charge on any atom is -0.360 e. The smallest absolute Gasteiger partial charge is 0.333 e. The van der Waals surface area contributed by atoms with E-state index in [1.165, 1.54) is 0 Å². The van der Waals surface area contributed by atoms with Crippen molar-refractivity contribution in [2.24, 2.45) is 0 Å². The van der Waals surface area contributed by atoms with Crippen molar-refractivity contribution in [1.29, 1.82) is 0 Å². The second kappa shape index (κ2) is 4.86. The molecule has 0 fully saturated rings. The van der Waals surface area contributed by atoms with Crippen LogP contribution in [0.1, 0.15) is 18.2 Å². The van der Waals surface area contributed by atoms with Crippen molar-refractivity contribution < 1.29 is 4.92 Å². The fourth-order valence-corrected chi connectivity index (χ4v) is 1.75. The molecule has 2 aromatic rings. The second-order valence-electron chi connectivity index (χ2n) is 3.82. The lowest BCUT2D eigenvalue weighted by atomic mass is 10.3. The van der Waals surface area contributed by atoms with E-state index in [-0.39, 0.29) is 5.69 Å². The van der Waals surface area contributed by atoms with E-state index in [0.29, 0.717) is 24.6 Å². The van der Waals surface area contributed by atoms with Gasteiger partial charge < -0.3 is 5.32 Å². The van der Waals surface area contributed by atoms with Crippen molar-refractivity contribution in [1.82, 2.24) is 20.0 Å². The monoisotopic (exact) mass is 250 g/mol. The zero-order valence-electron chi connectivity index (χ0n) is 10.2. The number of H-pyrrole nitrogens is 1. The van der Waals surface area contributed by atoms with Crippen LogP contribution in [0.3, 0.4) is 0 Å². The first kappa shape index (κ1) is 12.1. The van der Waals surface area contributed by atoms with E-state index in [4.69, 9.17) is 0 Å². The molecule has 0 aromatic carbocycles. The molecular weight excluding hydrogens is 236 g/mol. The molecule has 8 heteroatoms. The van der Waals surface area contributed by atoms with Gasteiger partial charge in [-0.2, -0.15) is 10.2 Å². The van der Waals surface area contributed by atoms with Gasteiger partial charge in [0.1, 0.15) is 5.69 Å². The minimum absolute atomic E-state index is 0.0281. The van der Waals surface area contributed by atoms with E-state index in [1.54, 1.807) is 24.0 Å². The molecule has 18 heavy (non-hydrogen) atoms. The first-order valence-corrected chi connectivity index (χ1v) is 5.56. The molecule has 0 amide bonds. The van der Waals surface area contributed by atoms with Gasteiger partial charge in [0, 0.05) is 24.8 Å². The van der Waals surface area contributed by atoms with E-state index in [2.05, 4.69) is 20.6 Å². The highest BCUT2D eigenvalue weighted by atomic mass is 16.6. The van der Waals surface area contributed by atoms with Gasteiger partial charge in [0.05, 0.1) is 11.1 Å². The van der Waals surface area contributed by atoms with E-state index < -0.39 is 4.92 Å². The first-order chi connectivity index (χ1) is 8.63. The Morgan fingerprint density at radius 3 is 2.94 bits per heavy atom. The van der Waals surface area contributed by atoms with Crippen LogP contribution in [0.25, 0.3) is 0 Å². The number of anilines is 1. The Labute approximate surface area is 103 Å². The Balaban J connectivity index is 2.27. The molecule has 0 aliphatic carbocycles. The Hall–Kier alpha value is -2.38. The minimum atomic E-state index is -0.411. The van der Waals surface area contributed by atoms with Crippen LogP contribution in [0.2, 0.25) is 0 Å². The highest BCUT2D eigenvalue weighted by molar-refractivity contribution is 5.59. The summed E-state index contributed by atoms with van der Waals surface area (Å²) in [7, 11) is 0. The van der Waals surface area contributed by atoms with Crippen molar-refractivity contribution in [3.63, 3.8) is 0 Å². The Kier molecular flexibility index (Phi) is 3.26. The lowest BCUT2D eigenvalue weighted by Gasteiger charge is -2.06. The van der Waals surface area contributed by atoms with Crippen LogP contribution in [0, 0.1) is 17.0 Å². The van der Waals surface area contributed by atoms with Crippen LogP contribution in [0.4, 0.5) is 11.5 Å². The summed E-state index contributed by atoms with van der Waals surface area (Å²) in [5.41, 5.74) is 1.36. The summed E-state index contributed by atoms with van der Waals surface area (Å²) in [6.07, 6.45) is 3.40. The molecule has 2 aromatic heterocycles. The van der Waals surface area contributed by atoms with Crippen LogP contribution in [0.15, 0.2) is 12.4 Å². The molecule has 0 aliphatic heterocycles. The maximum Gasteiger partial charge on any atom is 0.333 e. The Morgan fingerprint density at radius 2 is 2.39 bits per heavy atom. The van der Waals surface area contributed by atoms with Gasteiger partial charge in [-0.25, -0.2) is 4.68 Å². The third-order valence-corrected chi connectivity index (χ3v) is 2.59. The lowest BCUT2D eigenvalue weighted by molar-refractivity contribution is -0.384. The van der Waals surface area contributed by atoms with Gasteiger partial charge in [-0.1, -0.05) is 0 Å². The molecule has 0 saturated carbocycles. The third-order valence-electron chi connectivity index (χ3n) is 2.59. The number of nitrogens with zero attached hydrogens (tertiary/aromatic N) is 4. The van der Waals surface area contributed by atoms with Crippen LogP contribution < -0.4 is 5.32 Å². The summed E-state index contributed by atoms with van der Waals surface area (Å²) >= 11 is 0. The first-order valence-electron chi connectivity index (χ1n) is 5.56. The Morgan fingerprint density at radius 1 is 1.61 bits per heavy atom. The van der Waals surface area contributed by atoms with Crippen molar-refractivity contribution in [3.05, 3.63) is 33.8 Å². The predicted molar refractivity (Wildman–Crippen MR) is 65.2 cm³/mol. The van der Waals surface area contributed by atoms with Crippen LogP contribution >= 0.6 is 0 Å². The number of aryl methyl sites for hydroxylation is 2. The molecule has 0 saturated heterocycles. The van der Waals surface area contributed by atoms with Gasteiger partial charge in [-0.15, -0.1) is 0 Å². The molecular formula is C10H14N6O2. The zero-order chi connectivity index (χ0) is 13.1. The van der Waals surface area contributed by atoms with Gasteiger partial charge in [-0.05, 0) is 13.8 Å². The van der Waals surface area contributed by atoms with Gasteiger partial charge in [0.2, 0.25) is 5.82 Å². The zero-order valence-corrected chi connectivity index (χ0v) is 10.2. The molecule has 0 spiro atoms. The topological polar surface area (TPSA) is 102 Å². The molecule has 0 bridgehead atoms.